The molecule has 1 atom stereocenters. The Bertz CT molecular complexity index is 937. The zero-order chi connectivity index (χ0) is 20.8. The summed E-state index contributed by atoms with van der Waals surface area (Å²) in [4.78, 5) is 21.6. The lowest BCUT2D eigenvalue weighted by atomic mass is 9.88. The first kappa shape index (κ1) is 20.0. The van der Waals surface area contributed by atoms with Crippen LogP contribution in [0.15, 0.2) is 79.1 Å². The quantitative estimate of drug-likeness (QED) is 0.627. The number of rotatable bonds is 6. The summed E-state index contributed by atoms with van der Waals surface area (Å²) in [7, 11) is 1.67. The summed E-state index contributed by atoms with van der Waals surface area (Å²) in [6, 6.07) is 22.4. The van der Waals surface area contributed by atoms with E-state index in [-0.39, 0.29) is 11.8 Å². The molecular weight excluding hydrogens is 374 g/mol. The van der Waals surface area contributed by atoms with Crippen LogP contribution < -0.4 is 9.64 Å². The highest BCUT2D eigenvalue weighted by molar-refractivity contribution is 5.78. The van der Waals surface area contributed by atoms with Gasteiger partial charge in [-0.3, -0.25) is 9.78 Å². The van der Waals surface area contributed by atoms with Gasteiger partial charge in [0.05, 0.1) is 7.11 Å². The number of ether oxygens (including phenoxy) is 1. The Morgan fingerprint density at radius 3 is 2.17 bits per heavy atom. The van der Waals surface area contributed by atoms with Crippen LogP contribution in [0, 0.1) is 0 Å². The molecule has 2 heterocycles. The molecule has 2 aromatic carbocycles. The van der Waals surface area contributed by atoms with Gasteiger partial charge in [0.2, 0.25) is 5.91 Å². The second kappa shape index (κ2) is 9.44. The van der Waals surface area contributed by atoms with E-state index in [1.54, 1.807) is 7.11 Å². The van der Waals surface area contributed by atoms with E-state index in [1.165, 1.54) is 0 Å². The van der Waals surface area contributed by atoms with Crippen LogP contribution in [0.3, 0.4) is 0 Å². The van der Waals surface area contributed by atoms with Crippen molar-refractivity contribution in [2.75, 3.05) is 38.2 Å². The van der Waals surface area contributed by atoms with E-state index < -0.39 is 0 Å². The number of benzene rings is 2. The minimum atomic E-state index is 0.0304. The molecule has 0 radical (unpaired) electrons. The molecule has 1 amide bonds. The van der Waals surface area contributed by atoms with Crippen molar-refractivity contribution in [1.29, 1.82) is 0 Å². The number of hydrogen-bond acceptors (Lipinski definition) is 4. The average Bonchev–Trinajstić information content (AvgIpc) is 2.84. The lowest BCUT2D eigenvalue weighted by Crippen LogP contribution is -2.49. The van der Waals surface area contributed by atoms with Gasteiger partial charge in [-0.1, -0.05) is 42.5 Å². The molecule has 0 spiro atoms. The maximum atomic E-state index is 13.2. The van der Waals surface area contributed by atoms with Gasteiger partial charge in [-0.25, -0.2) is 0 Å². The second-order valence-corrected chi connectivity index (χ2v) is 7.51. The number of anilines is 1. The third-order valence-electron chi connectivity index (χ3n) is 5.76. The van der Waals surface area contributed by atoms with Crippen molar-refractivity contribution in [2.45, 2.75) is 12.3 Å². The Kier molecular flexibility index (Phi) is 6.28. The Labute approximate surface area is 177 Å². The van der Waals surface area contributed by atoms with Crippen LogP contribution in [0.2, 0.25) is 0 Å². The van der Waals surface area contributed by atoms with Gasteiger partial charge >= 0.3 is 0 Å². The van der Waals surface area contributed by atoms with Gasteiger partial charge in [-0.05, 0) is 35.4 Å². The van der Waals surface area contributed by atoms with Crippen molar-refractivity contribution in [3.63, 3.8) is 0 Å². The normalized spacial score (nSPS) is 15.0. The van der Waals surface area contributed by atoms with Gasteiger partial charge in [0.25, 0.3) is 0 Å². The molecule has 5 heteroatoms. The van der Waals surface area contributed by atoms with Gasteiger partial charge in [0.1, 0.15) is 5.75 Å². The molecule has 5 nitrogen and oxygen atoms in total. The monoisotopic (exact) mass is 401 g/mol. The van der Waals surface area contributed by atoms with Crippen LogP contribution in [0.4, 0.5) is 5.69 Å². The number of amides is 1. The largest absolute Gasteiger partial charge is 0.497 e. The Balaban J connectivity index is 1.45. The number of methoxy groups -OCH3 is 1. The minimum Gasteiger partial charge on any atom is -0.497 e. The van der Waals surface area contributed by atoms with Gasteiger partial charge in [0.15, 0.2) is 0 Å². The molecule has 0 aliphatic carbocycles. The number of aromatic nitrogens is 1. The number of hydrogen-bond donors (Lipinski definition) is 0. The molecule has 0 unspecified atom stereocenters. The van der Waals surface area contributed by atoms with E-state index in [0.29, 0.717) is 6.42 Å². The van der Waals surface area contributed by atoms with Crippen LogP contribution in [-0.4, -0.2) is 49.1 Å². The summed E-state index contributed by atoms with van der Waals surface area (Å²) < 4.78 is 5.29. The van der Waals surface area contributed by atoms with Gasteiger partial charge in [-0.2, -0.15) is 0 Å². The summed E-state index contributed by atoms with van der Waals surface area (Å²) in [5.41, 5.74) is 3.45. The highest BCUT2D eigenvalue weighted by atomic mass is 16.5. The van der Waals surface area contributed by atoms with E-state index >= 15 is 0 Å². The molecule has 3 aromatic rings. The van der Waals surface area contributed by atoms with E-state index in [0.717, 1.165) is 48.7 Å². The zero-order valence-electron chi connectivity index (χ0n) is 17.3. The first-order chi connectivity index (χ1) is 14.7. The average molecular weight is 402 g/mol. The molecule has 154 valence electrons. The Hall–Kier alpha value is -3.34. The second-order valence-electron chi connectivity index (χ2n) is 7.51. The van der Waals surface area contributed by atoms with Crippen molar-refractivity contribution >= 4 is 11.6 Å². The summed E-state index contributed by atoms with van der Waals surface area (Å²) in [6.07, 6.45) is 4.09. The molecule has 1 aromatic heterocycles. The molecule has 1 fully saturated rings. The number of piperazine rings is 1. The Morgan fingerprint density at radius 2 is 1.53 bits per heavy atom. The van der Waals surface area contributed by atoms with E-state index in [4.69, 9.17) is 4.74 Å². The third-order valence-corrected chi connectivity index (χ3v) is 5.76. The lowest BCUT2D eigenvalue weighted by Gasteiger charge is -2.36. The minimum absolute atomic E-state index is 0.0304. The van der Waals surface area contributed by atoms with E-state index in [2.05, 4.69) is 34.1 Å². The standard InChI is InChI=1S/C25H27N3O2/c1-30-23-9-7-21(8-10-23)24(20-5-3-2-4-6-20)19-25(29)28-17-15-27(16-18-28)22-11-13-26-14-12-22/h2-14,24H,15-19H2,1H3/t24-/m0/s1. The lowest BCUT2D eigenvalue weighted by molar-refractivity contribution is -0.131. The van der Waals surface area contributed by atoms with Crippen LogP contribution >= 0.6 is 0 Å². The van der Waals surface area contributed by atoms with Gasteiger partial charge in [0, 0.05) is 56.6 Å². The fraction of sp³-hybridized carbons (Fsp3) is 0.280. The maximum Gasteiger partial charge on any atom is 0.223 e. The predicted octanol–water partition coefficient (Wildman–Crippen LogP) is 3.96. The first-order valence-corrected chi connectivity index (χ1v) is 10.4. The summed E-state index contributed by atoms with van der Waals surface area (Å²) in [6.45, 7) is 3.17. The summed E-state index contributed by atoms with van der Waals surface area (Å²) in [5, 5.41) is 0. The molecule has 0 bridgehead atoms. The highest BCUT2D eigenvalue weighted by Gasteiger charge is 2.25. The van der Waals surface area contributed by atoms with Crippen molar-refractivity contribution in [1.82, 2.24) is 9.88 Å². The number of carbonyl (C=O) groups excluding carboxylic acids is 1. The van der Waals surface area contributed by atoms with Crippen LogP contribution in [-0.2, 0) is 4.79 Å². The Morgan fingerprint density at radius 1 is 0.900 bits per heavy atom. The zero-order valence-corrected chi connectivity index (χ0v) is 17.3. The summed E-state index contributed by atoms with van der Waals surface area (Å²) >= 11 is 0. The van der Waals surface area contributed by atoms with E-state index in [9.17, 15) is 4.79 Å². The molecule has 4 rings (SSSR count). The topological polar surface area (TPSA) is 45.7 Å². The van der Waals surface area contributed by atoms with Gasteiger partial charge < -0.3 is 14.5 Å². The fourth-order valence-corrected chi connectivity index (χ4v) is 4.02. The molecule has 0 saturated carbocycles. The predicted molar refractivity (Wildman–Crippen MR) is 119 cm³/mol. The van der Waals surface area contributed by atoms with Crippen molar-refractivity contribution in [3.8, 4) is 5.75 Å². The van der Waals surface area contributed by atoms with Crippen LogP contribution in [0.1, 0.15) is 23.5 Å². The maximum absolute atomic E-state index is 13.2. The summed E-state index contributed by atoms with van der Waals surface area (Å²) in [5.74, 6) is 1.06. The van der Waals surface area contributed by atoms with E-state index in [1.807, 2.05) is 59.8 Å². The number of pyridine rings is 1. The fourth-order valence-electron chi connectivity index (χ4n) is 4.02. The van der Waals surface area contributed by atoms with Crippen LogP contribution in [0.5, 0.6) is 5.75 Å². The number of nitrogens with zero attached hydrogens (tertiary/aromatic N) is 3. The molecular formula is C25H27N3O2. The molecule has 1 saturated heterocycles. The SMILES string of the molecule is COc1ccc([C@@H](CC(=O)N2CCN(c3ccncc3)CC2)c2ccccc2)cc1. The van der Waals surface area contributed by atoms with Crippen molar-refractivity contribution in [2.24, 2.45) is 0 Å². The van der Waals surface area contributed by atoms with Crippen molar-refractivity contribution < 1.29 is 9.53 Å². The molecule has 30 heavy (non-hydrogen) atoms. The molecule has 1 aliphatic rings. The smallest absolute Gasteiger partial charge is 0.223 e. The highest BCUT2D eigenvalue weighted by Crippen LogP contribution is 2.30. The van der Waals surface area contributed by atoms with Gasteiger partial charge in [-0.15, -0.1) is 0 Å². The number of carbonyl (C=O) groups is 1. The first-order valence-electron chi connectivity index (χ1n) is 10.4. The van der Waals surface area contributed by atoms with Crippen molar-refractivity contribution in [3.05, 3.63) is 90.3 Å². The molecule has 1 aliphatic heterocycles. The molecule has 0 N–H and O–H groups in total. The van der Waals surface area contributed by atoms with Crippen LogP contribution in [0.25, 0.3) is 0 Å². The third kappa shape index (κ3) is 4.62.